The van der Waals surface area contributed by atoms with Crippen molar-refractivity contribution in [2.24, 2.45) is 0 Å². The molecule has 92 valence electrons. The third-order valence-electron chi connectivity index (χ3n) is 2.33. The van der Waals surface area contributed by atoms with E-state index in [0.29, 0.717) is 17.2 Å². The summed E-state index contributed by atoms with van der Waals surface area (Å²) in [5.74, 6) is 0.506. The fraction of sp³-hybridized carbons (Fsp3) is 0.154. The second kappa shape index (κ2) is 5.27. The van der Waals surface area contributed by atoms with Crippen molar-refractivity contribution >= 4 is 5.97 Å². The van der Waals surface area contributed by atoms with Gasteiger partial charge in [-0.05, 0) is 25.1 Å². The molecule has 0 amide bonds. The Kier molecular flexibility index (Phi) is 3.52. The second-order valence-corrected chi connectivity index (χ2v) is 3.56. The number of hydrogen-bond donors (Lipinski definition) is 0. The molecule has 0 aliphatic carbocycles. The second-order valence-electron chi connectivity index (χ2n) is 3.56. The quantitative estimate of drug-likeness (QED) is 0.775. The van der Waals surface area contributed by atoms with E-state index in [0.717, 1.165) is 5.69 Å². The van der Waals surface area contributed by atoms with Gasteiger partial charge < -0.3 is 9.47 Å². The van der Waals surface area contributed by atoms with Gasteiger partial charge in [-0.15, -0.1) is 0 Å². The molecule has 0 bridgehead atoms. The Balaban J connectivity index is 2.25. The minimum Gasteiger partial charge on any atom is -0.465 e. The molecule has 0 N–H and O–H groups in total. The molecule has 2 heterocycles. The van der Waals surface area contributed by atoms with Gasteiger partial charge in [0.25, 0.3) is 0 Å². The zero-order valence-electron chi connectivity index (χ0n) is 10.1. The highest BCUT2D eigenvalue weighted by atomic mass is 16.5. The summed E-state index contributed by atoms with van der Waals surface area (Å²) in [6.45, 7) is 1.83. The lowest BCUT2D eigenvalue weighted by atomic mass is 10.3. The number of ether oxygens (including phenoxy) is 2. The molecule has 0 unspecified atom stereocenters. The molecule has 2 aromatic rings. The summed E-state index contributed by atoms with van der Waals surface area (Å²) in [7, 11) is 1.33. The Morgan fingerprint density at radius 2 is 2.06 bits per heavy atom. The maximum absolute atomic E-state index is 11.4. The van der Waals surface area contributed by atoms with Crippen LogP contribution < -0.4 is 4.74 Å². The van der Waals surface area contributed by atoms with E-state index < -0.39 is 5.97 Å². The Labute approximate surface area is 104 Å². The lowest BCUT2D eigenvalue weighted by Gasteiger charge is -2.07. The standard InChI is InChI=1S/C13H12N2O3/c1-9-11(4-3-6-14-9)18-12-8-10(5-7-15-12)13(16)17-2/h3-8H,1-2H3. The third-order valence-corrected chi connectivity index (χ3v) is 2.33. The predicted molar refractivity (Wildman–Crippen MR) is 64.6 cm³/mol. The van der Waals surface area contributed by atoms with Crippen molar-refractivity contribution in [1.82, 2.24) is 9.97 Å². The molecule has 18 heavy (non-hydrogen) atoms. The van der Waals surface area contributed by atoms with E-state index in [2.05, 4.69) is 14.7 Å². The fourth-order valence-corrected chi connectivity index (χ4v) is 1.40. The normalized spacial score (nSPS) is 9.89. The average Bonchev–Trinajstić information content (AvgIpc) is 2.41. The van der Waals surface area contributed by atoms with E-state index in [1.54, 1.807) is 24.4 Å². The summed E-state index contributed by atoms with van der Waals surface area (Å²) in [6, 6.07) is 6.65. The minimum absolute atomic E-state index is 0.328. The van der Waals surface area contributed by atoms with Crippen molar-refractivity contribution in [1.29, 1.82) is 0 Å². The average molecular weight is 244 g/mol. The van der Waals surface area contributed by atoms with Gasteiger partial charge in [-0.3, -0.25) is 4.98 Å². The van der Waals surface area contributed by atoms with Crippen molar-refractivity contribution in [2.45, 2.75) is 6.92 Å². The number of hydrogen-bond acceptors (Lipinski definition) is 5. The topological polar surface area (TPSA) is 61.3 Å². The molecule has 0 aliphatic heterocycles. The highest BCUT2D eigenvalue weighted by Gasteiger charge is 2.08. The Hall–Kier alpha value is -2.43. The summed E-state index contributed by atoms with van der Waals surface area (Å²) >= 11 is 0. The van der Waals surface area contributed by atoms with Gasteiger partial charge in [-0.25, -0.2) is 9.78 Å². The van der Waals surface area contributed by atoms with Crippen LogP contribution in [0.15, 0.2) is 36.7 Å². The van der Waals surface area contributed by atoms with Crippen LogP contribution in [0.5, 0.6) is 11.6 Å². The molecule has 0 spiro atoms. The summed E-state index contributed by atoms with van der Waals surface area (Å²) in [4.78, 5) is 19.5. The first-order chi connectivity index (χ1) is 8.70. The van der Waals surface area contributed by atoms with Gasteiger partial charge >= 0.3 is 5.97 Å². The van der Waals surface area contributed by atoms with E-state index in [4.69, 9.17) is 4.74 Å². The third kappa shape index (κ3) is 2.63. The number of carbonyl (C=O) groups excluding carboxylic acids is 1. The van der Waals surface area contributed by atoms with Gasteiger partial charge in [0, 0.05) is 18.5 Å². The van der Waals surface area contributed by atoms with Crippen LogP contribution in [0, 0.1) is 6.92 Å². The summed E-state index contributed by atoms with van der Waals surface area (Å²) < 4.78 is 10.2. The van der Waals surface area contributed by atoms with E-state index >= 15 is 0 Å². The van der Waals surface area contributed by atoms with Crippen molar-refractivity contribution < 1.29 is 14.3 Å². The molecule has 0 aromatic carbocycles. The Morgan fingerprint density at radius 3 is 2.78 bits per heavy atom. The van der Waals surface area contributed by atoms with E-state index in [1.807, 2.05) is 6.92 Å². The molecular weight excluding hydrogens is 232 g/mol. The van der Waals surface area contributed by atoms with Crippen molar-refractivity contribution in [3.05, 3.63) is 47.9 Å². The molecule has 0 radical (unpaired) electrons. The van der Waals surface area contributed by atoms with Crippen molar-refractivity contribution in [3.8, 4) is 11.6 Å². The molecule has 0 saturated carbocycles. The van der Waals surface area contributed by atoms with Gasteiger partial charge in [-0.1, -0.05) is 0 Å². The highest BCUT2D eigenvalue weighted by molar-refractivity contribution is 5.89. The number of pyridine rings is 2. The first kappa shape index (κ1) is 12.0. The van der Waals surface area contributed by atoms with Crippen LogP contribution in [0.1, 0.15) is 16.1 Å². The Morgan fingerprint density at radius 1 is 1.22 bits per heavy atom. The summed E-state index contributed by atoms with van der Waals surface area (Å²) in [5.41, 5.74) is 1.15. The van der Waals surface area contributed by atoms with Crippen molar-refractivity contribution in [3.63, 3.8) is 0 Å². The summed E-state index contributed by atoms with van der Waals surface area (Å²) in [5, 5.41) is 0. The molecule has 0 aliphatic rings. The number of carbonyl (C=O) groups is 1. The van der Waals surface area contributed by atoms with Crippen LogP contribution in [0.2, 0.25) is 0 Å². The van der Waals surface area contributed by atoms with Gasteiger partial charge in [0.15, 0.2) is 5.75 Å². The molecule has 2 aromatic heterocycles. The van der Waals surface area contributed by atoms with Crippen LogP contribution in [0.3, 0.4) is 0 Å². The lowest BCUT2D eigenvalue weighted by molar-refractivity contribution is 0.0600. The Bertz CT molecular complexity index is 570. The van der Waals surface area contributed by atoms with Gasteiger partial charge in [0.2, 0.25) is 5.88 Å². The molecule has 0 saturated heterocycles. The largest absolute Gasteiger partial charge is 0.465 e. The predicted octanol–water partition coefficient (Wildman–Crippen LogP) is 2.36. The van der Waals surface area contributed by atoms with Crippen LogP contribution in [-0.4, -0.2) is 23.0 Å². The van der Waals surface area contributed by atoms with Crippen LogP contribution in [0.25, 0.3) is 0 Å². The van der Waals surface area contributed by atoms with E-state index in [1.165, 1.54) is 19.4 Å². The van der Waals surface area contributed by atoms with Crippen LogP contribution >= 0.6 is 0 Å². The molecule has 5 heteroatoms. The molecule has 0 atom stereocenters. The maximum Gasteiger partial charge on any atom is 0.338 e. The molecule has 5 nitrogen and oxygen atoms in total. The summed E-state index contributed by atoms with van der Waals surface area (Å²) in [6.07, 6.45) is 3.17. The molecule has 0 fully saturated rings. The number of aromatic nitrogens is 2. The first-order valence-electron chi connectivity index (χ1n) is 5.34. The number of rotatable bonds is 3. The highest BCUT2D eigenvalue weighted by Crippen LogP contribution is 2.22. The molecule has 2 rings (SSSR count). The molecular formula is C13H12N2O3. The van der Waals surface area contributed by atoms with Gasteiger partial charge in [0.1, 0.15) is 0 Å². The number of esters is 1. The number of aryl methyl sites for hydroxylation is 1. The zero-order valence-corrected chi connectivity index (χ0v) is 10.1. The van der Waals surface area contributed by atoms with E-state index in [9.17, 15) is 4.79 Å². The monoisotopic (exact) mass is 244 g/mol. The lowest BCUT2D eigenvalue weighted by Crippen LogP contribution is -2.02. The number of methoxy groups -OCH3 is 1. The minimum atomic E-state index is -0.426. The zero-order chi connectivity index (χ0) is 13.0. The number of nitrogens with zero attached hydrogens (tertiary/aromatic N) is 2. The van der Waals surface area contributed by atoms with E-state index in [-0.39, 0.29) is 0 Å². The fourth-order valence-electron chi connectivity index (χ4n) is 1.40. The smallest absolute Gasteiger partial charge is 0.338 e. The van der Waals surface area contributed by atoms with Crippen molar-refractivity contribution in [2.75, 3.05) is 7.11 Å². The SMILES string of the molecule is COC(=O)c1ccnc(Oc2cccnc2C)c1. The first-order valence-corrected chi connectivity index (χ1v) is 5.34. The van der Waals surface area contributed by atoms with Crippen LogP contribution in [-0.2, 0) is 4.74 Å². The van der Waals surface area contributed by atoms with Gasteiger partial charge in [-0.2, -0.15) is 0 Å². The maximum atomic E-state index is 11.4. The van der Waals surface area contributed by atoms with Gasteiger partial charge in [0.05, 0.1) is 18.4 Å². The van der Waals surface area contributed by atoms with Crippen LogP contribution in [0.4, 0.5) is 0 Å².